The molecule has 106 valence electrons. The lowest BCUT2D eigenvalue weighted by Crippen LogP contribution is -2.60. The fourth-order valence-electron chi connectivity index (χ4n) is 2.71. The first-order chi connectivity index (χ1) is 9.07. The molecule has 2 unspecified atom stereocenters. The number of nitrogens with zero attached hydrogens (tertiary/aromatic N) is 1. The summed E-state index contributed by atoms with van der Waals surface area (Å²) in [6.07, 6.45) is 3.30. The van der Waals surface area contributed by atoms with Crippen molar-refractivity contribution in [1.82, 2.24) is 10.3 Å². The van der Waals surface area contributed by atoms with Crippen molar-refractivity contribution in [2.24, 2.45) is 11.1 Å². The highest BCUT2D eigenvalue weighted by atomic mass is 16.5. The van der Waals surface area contributed by atoms with Crippen LogP contribution < -0.4 is 11.1 Å². The fraction of sp³-hybridized carbons (Fsp3) is 0.667. The van der Waals surface area contributed by atoms with Gasteiger partial charge in [-0.1, -0.05) is 13.8 Å². The number of hydrogen-bond donors (Lipinski definition) is 2. The van der Waals surface area contributed by atoms with Crippen LogP contribution in [0.1, 0.15) is 38.4 Å². The summed E-state index contributed by atoms with van der Waals surface area (Å²) in [6, 6.07) is 4.62. The Morgan fingerprint density at radius 1 is 1.53 bits per heavy atom. The van der Waals surface area contributed by atoms with Crippen LogP contribution in [0.25, 0.3) is 0 Å². The Balaban J connectivity index is 1.86. The van der Waals surface area contributed by atoms with Gasteiger partial charge in [-0.05, 0) is 31.0 Å². The summed E-state index contributed by atoms with van der Waals surface area (Å²) in [7, 11) is 0. The zero-order chi connectivity index (χ0) is 13.9. The topological polar surface area (TPSA) is 60.2 Å². The van der Waals surface area contributed by atoms with Crippen LogP contribution in [0.4, 0.5) is 0 Å². The molecule has 1 heterocycles. The lowest BCUT2D eigenvalue weighted by Gasteiger charge is -2.52. The average Bonchev–Trinajstić information content (AvgIpc) is 2.42. The van der Waals surface area contributed by atoms with Gasteiger partial charge < -0.3 is 15.8 Å². The van der Waals surface area contributed by atoms with Crippen LogP contribution in [0.2, 0.25) is 0 Å². The second-order valence-corrected chi connectivity index (χ2v) is 5.79. The van der Waals surface area contributed by atoms with E-state index in [1.807, 2.05) is 12.3 Å². The molecule has 1 aromatic rings. The molecule has 1 fully saturated rings. The van der Waals surface area contributed by atoms with Crippen molar-refractivity contribution in [3.05, 3.63) is 29.6 Å². The lowest BCUT2D eigenvalue weighted by atomic mass is 9.64. The van der Waals surface area contributed by atoms with E-state index >= 15 is 0 Å². The maximum atomic E-state index is 5.75. The predicted molar refractivity (Wildman–Crippen MR) is 76.6 cm³/mol. The first-order valence-electron chi connectivity index (χ1n) is 7.06. The largest absolute Gasteiger partial charge is 0.378 e. The first kappa shape index (κ1) is 14.4. The Kier molecular flexibility index (Phi) is 4.55. The maximum Gasteiger partial charge on any atom is 0.0655 e. The van der Waals surface area contributed by atoms with Gasteiger partial charge >= 0.3 is 0 Å². The van der Waals surface area contributed by atoms with Crippen LogP contribution in [0, 0.1) is 5.41 Å². The second-order valence-electron chi connectivity index (χ2n) is 5.79. The highest BCUT2D eigenvalue weighted by Gasteiger charge is 2.48. The van der Waals surface area contributed by atoms with E-state index in [1.54, 1.807) is 0 Å². The van der Waals surface area contributed by atoms with E-state index in [-0.39, 0.29) is 5.41 Å². The van der Waals surface area contributed by atoms with Crippen molar-refractivity contribution in [2.45, 2.75) is 52.4 Å². The number of aromatic nitrogens is 1. The Morgan fingerprint density at radius 2 is 2.32 bits per heavy atom. The number of nitrogens with one attached hydrogen (secondary N) is 1. The van der Waals surface area contributed by atoms with E-state index in [9.17, 15) is 0 Å². The second kappa shape index (κ2) is 5.99. The standard InChI is InChI=1S/C15H25N3O/c1-4-19-14-8-13(15(14,2)3)18-10-11-5-6-17-12(7-11)9-16/h5-7,13-14,18H,4,8-10,16H2,1-3H3. The van der Waals surface area contributed by atoms with Crippen LogP contribution in [0.3, 0.4) is 0 Å². The van der Waals surface area contributed by atoms with Gasteiger partial charge in [0, 0.05) is 37.4 Å². The maximum absolute atomic E-state index is 5.75. The molecule has 1 aliphatic rings. The highest BCUT2D eigenvalue weighted by Crippen LogP contribution is 2.42. The molecule has 1 saturated carbocycles. The van der Waals surface area contributed by atoms with Crippen molar-refractivity contribution >= 4 is 0 Å². The fourth-order valence-corrected chi connectivity index (χ4v) is 2.71. The van der Waals surface area contributed by atoms with Crippen LogP contribution >= 0.6 is 0 Å². The number of pyridine rings is 1. The minimum Gasteiger partial charge on any atom is -0.378 e. The Labute approximate surface area is 115 Å². The van der Waals surface area contributed by atoms with Gasteiger partial charge in [0.25, 0.3) is 0 Å². The number of rotatable bonds is 6. The summed E-state index contributed by atoms with van der Waals surface area (Å²) in [5, 5.41) is 3.62. The Morgan fingerprint density at radius 3 is 2.95 bits per heavy atom. The summed E-state index contributed by atoms with van der Waals surface area (Å²) in [5.41, 5.74) is 8.00. The molecule has 0 bridgehead atoms. The van der Waals surface area contributed by atoms with Crippen LogP contribution in [-0.2, 0) is 17.8 Å². The molecule has 0 spiro atoms. The molecule has 0 saturated heterocycles. The van der Waals surface area contributed by atoms with Gasteiger partial charge in [-0.15, -0.1) is 0 Å². The summed E-state index contributed by atoms with van der Waals surface area (Å²) in [4.78, 5) is 4.21. The molecule has 0 aromatic carbocycles. The molecule has 2 rings (SSSR count). The Hall–Kier alpha value is -0.970. The zero-order valence-electron chi connectivity index (χ0n) is 12.1. The normalized spacial score (nSPS) is 25.1. The smallest absolute Gasteiger partial charge is 0.0655 e. The SMILES string of the molecule is CCOC1CC(NCc2ccnc(CN)c2)C1(C)C. The van der Waals surface area contributed by atoms with E-state index in [1.165, 1.54) is 5.56 Å². The van der Waals surface area contributed by atoms with Crippen molar-refractivity contribution in [2.75, 3.05) is 6.61 Å². The van der Waals surface area contributed by atoms with E-state index in [0.717, 1.165) is 25.3 Å². The van der Waals surface area contributed by atoms with Crippen molar-refractivity contribution in [3.63, 3.8) is 0 Å². The summed E-state index contributed by atoms with van der Waals surface area (Å²) in [5.74, 6) is 0. The minimum absolute atomic E-state index is 0.208. The molecule has 3 N–H and O–H groups in total. The molecular weight excluding hydrogens is 238 g/mol. The third-order valence-electron chi connectivity index (χ3n) is 4.19. The zero-order valence-corrected chi connectivity index (χ0v) is 12.1. The van der Waals surface area contributed by atoms with Crippen LogP contribution in [0.5, 0.6) is 0 Å². The van der Waals surface area contributed by atoms with Gasteiger partial charge in [-0.25, -0.2) is 0 Å². The third-order valence-corrected chi connectivity index (χ3v) is 4.19. The molecule has 1 aromatic heterocycles. The van der Waals surface area contributed by atoms with E-state index in [2.05, 4.69) is 37.1 Å². The molecular formula is C15H25N3O. The van der Waals surface area contributed by atoms with E-state index in [4.69, 9.17) is 10.5 Å². The van der Waals surface area contributed by atoms with Crippen molar-refractivity contribution in [1.29, 1.82) is 0 Å². The number of nitrogens with two attached hydrogens (primary N) is 1. The van der Waals surface area contributed by atoms with Crippen LogP contribution in [-0.4, -0.2) is 23.7 Å². The first-order valence-corrected chi connectivity index (χ1v) is 7.06. The van der Waals surface area contributed by atoms with Crippen molar-refractivity contribution in [3.8, 4) is 0 Å². The number of hydrogen-bond acceptors (Lipinski definition) is 4. The van der Waals surface area contributed by atoms with Gasteiger partial charge in [0.2, 0.25) is 0 Å². The van der Waals surface area contributed by atoms with E-state index < -0.39 is 0 Å². The predicted octanol–water partition coefficient (Wildman–Crippen LogP) is 1.83. The van der Waals surface area contributed by atoms with Gasteiger partial charge in [-0.3, -0.25) is 4.98 Å². The van der Waals surface area contributed by atoms with Gasteiger partial charge in [0.05, 0.1) is 11.8 Å². The van der Waals surface area contributed by atoms with Crippen LogP contribution in [0.15, 0.2) is 18.3 Å². The summed E-state index contributed by atoms with van der Waals surface area (Å²) in [6.45, 7) is 8.75. The van der Waals surface area contributed by atoms with Crippen molar-refractivity contribution < 1.29 is 4.74 Å². The monoisotopic (exact) mass is 263 g/mol. The van der Waals surface area contributed by atoms with Gasteiger partial charge in [0.1, 0.15) is 0 Å². The molecule has 4 nitrogen and oxygen atoms in total. The van der Waals surface area contributed by atoms with Gasteiger partial charge in [0.15, 0.2) is 0 Å². The number of ether oxygens (including phenoxy) is 1. The average molecular weight is 263 g/mol. The van der Waals surface area contributed by atoms with Gasteiger partial charge in [-0.2, -0.15) is 0 Å². The molecule has 4 heteroatoms. The lowest BCUT2D eigenvalue weighted by molar-refractivity contribution is -0.114. The summed E-state index contributed by atoms with van der Waals surface area (Å²) >= 11 is 0. The van der Waals surface area contributed by atoms with E-state index in [0.29, 0.717) is 18.7 Å². The molecule has 19 heavy (non-hydrogen) atoms. The molecule has 0 radical (unpaired) electrons. The molecule has 1 aliphatic carbocycles. The highest BCUT2D eigenvalue weighted by molar-refractivity contribution is 5.16. The molecule has 0 aliphatic heterocycles. The third kappa shape index (κ3) is 3.14. The summed E-state index contributed by atoms with van der Waals surface area (Å²) < 4.78 is 5.75. The quantitative estimate of drug-likeness (QED) is 0.822. The Bertz CT molecular complexity index is 420. The molecule has 0 amide bonds. The molecule has 2 atom stereocenters. The minimum atomic E-state index is 0.208.